The number of halogens is 2. The summed E-state index contributed by atoms with van der Waals surface area (Å²) in [6.07, 6.45) is 0. The number of methoxy groups -OCH3 is 1. The summed E-state index contributed by atoms with van der Waals surface area (Å²) in [5.41, 5.74) is 5.39. The van der Waals surface area contributed by atoms with E-state index in [-0.39, 0.29) is 11.3 Å². The molecule has 0 saturated carbocycles. The van der Waals surface area contributed by atoms with Crippen LogP contribution in [0.25, 0.3) is 0 Å². The minimum Gasteiger partial charge on any atom is -0.497 e. The van der Waals surface area contributed by atoms with Crippen molar-refractivity contribution in [1.82, 2.24) is 0 Å². The third kappa shape index (κ3) is 2.54. The highest BCUT2D eigenvalue weighted by atomic mass is 19.1. The molecule has 0 fully saturated rings. The van der Waals surface area contributed by atoms with Crippen molar-refractivity contribution in [3.8, 4) is 5.75 Å². The van der Waals surface area contributed by atoms with Crippen LogP contribution in [0.2, 0.25) is 0 Å². The van der Waals surface area contributed by atoms with E-state index in [4.69, 9.17) is 10.5 Å². The van der Waals surface area contributed by atoms with Crippen LogP contribution in [0.15, 0.2) is 36.4 Å². The van der Waals surface area contributed by atoms with E-state index in [1.54, 1.807) is 12.1 Å². The number of nitrogen functional groups attached to an aromatic ring is 1. The molecular weight excluding hydrogens is 252 g/mol. The van der Waals surface area contributed by atoms with Crippen molar-refractivity contribution in [1.29, 1.82) is 0 Å². The van der Waals surface area contributed by atoms with Gasteiger partial charge in [0.1, 0.15) is 17.4 Å². The number of nitrogens with two attached hydrogens (primary N) is 1. The molecule has 0 spiro atoms. The average Bonchev–Trinajstić information content (AvgIpc) is 2.37. The van der Waals surface area contributed by atoms with Crippen LogP contribution in [0.4, 0.5) is 14.5 Å². The van der Waals surface area contributed by atoms with Crippen molar-refractivity contribution in [3.63, 3.8) is 0 Å². The largest absolute Gasteiger partial charge is 0.497 e. The fourth-order valence-corrected chi connectivity index (χ4v) is 1.71. The molecule has 5 heteroatoms. The Labute approximate surface area is 108 Å². The second kappa shape index (κ2) is 5.06. The van der Waals surface area contributed by atoms with Gasteiger partial charge in [-0.25, -0.2) is 8.78 Å². The number of rotatable bonds is 3. The van der Waals surface area contributed by atoms with Crippen molar-refractivity contribution in [2.75, 3.05) is 12.8 Å². The maximum absolute atomic E-state index is 13.8. The van der Waals surface area contributed by atoms with Crippen molar-refractivity contribution < 1.29 is 18.3 Å². The van der Waals surface area contributed by atoms with Crippen molar-refractivity contribution in [3.05, 3.63) is 59.2 Å². The van der Waals surface area contributed by atoms with Crippen LogP contribution in [-0.2, 0) is 0 Å². The van der Waals surface area contributed by atoms with E-state index in [1.165, 1.54) is 19.2 Å². The molecule has 0 amide bonds. The summed E-state index contributed by atoms with van der Waals surface area (Å²) in [6, 6.07) is 7.86. The van der Waals surface area contributed by atoms with E-state index in [1.807, 2.05) is 0 Å². The van der Waals surface area contributed by atoms with Crippen LogP contribution in [0, 0.1) is 11.6 Å². The fourth-order valence-electron chi connectivity index (χ4n) is 1.71. The highest BCUT2D eigenvalue weighted by molar-refractivity contribution is 6.09. The summed E-state index contributed by atoms with van der Waals surface area (Å²) < 4.78 is 32.2. The van der Waals surface area contributed by atoms with E-state index in [0.29, 0.717) is 5.69 Å². The maximum atomic E-state index is 13.8. The third-order valence-electron chi connectivity index (χ3n) is 2.63. The molecule has 98 valence electrons. The second-order valence-electron chi connectivity index (χ2n) is 3.92. The molecule has 2 rings (SSSR count). The molecule has 0 aliphatic heterocycles. The van der Waals surface area contributed by atoms with Gasteiger partial charge in [-0.2, -0.15) is 0 Å². The van der Waals surface area contributed by atoms with E-state index < -0.39 is 23.0 Å². The second-order valence-corrected chi connectivity index (χ2v) is 3.92. The Morgan fingerprint density at radius 3 is 2.32 bits per heavy atom. The highest BCUT2D eigenvalue weighted by Gasteiger charge is 2.20. The normalized spacial score (nSPS) is 10.3. The number of anilines is 1. The zero-order valence-electron chi connectivity index (χ0n) is 10.1. The molecule has 2 N–H and O–H groups in total. The van der Waals surface area contributed by atoms with Crippen LogP contribution < -0.4 is 10.5 Å². The fraction of sp³-hybridized carbons (Fsp3) is 0.0714. The first-order valence-electron chi connectivity index (χ1n) is 5.46. The van der Waals surface area contributed by atoms with Crippen molar-refractivity contribution in [2.24, 2.45) is 0 Å². The van der Waals surface area contributed by atoms with Crippen LogP contribution in [0.5, 0.6) is 5.75 Å². The topological polar surface area (TPSA) is 52.3 Å². The Morgan fingerprint density at radius 1 is 1.16 bits per heavy atom. The number of ether oxygens (including phenoxy) is 1. The lowest BCUT2D eigenvalue weighted by Gasteiger charge is -2.07. The van der Waals surface area contributed by atoms with Gasteiger partial charge in [0.15, 0.2) is 5.78 Å². The molecular formula is C14H11F2NO2. The zero-order valence-corrected chi connectivity index (χ0v) is 10.1. The van der Waals surface area contributed by atoms with Crippen LogP contribution in [0.3, 0.4) is 0 Å². The third-order valence-corrected chi connectivity index (χ3v) is 2.63. The smallest absolute Gasteiger partial charge is 0.199 e. The Balaban J connectivity index is 2.50. The molecule has 0 aliphatic carbocycles. The summed E-state index contributed by atoms with van der Waals surface area (Å²) >= 11 is 0. The van der Waals surface area contributed by atoms with Crippen molar-refractivity contribution >= 4 is 11.5 Å². The maximum Gasteiger partial charge on any atom is 0.199 e. The summed E-state index contributed by atoms with van der Waals surface area (Å²) in [5, 5.41) is 0. The standard InChI is InChI=1S/C14H11F2NO2/c1-19-10-6-11(15)13(12(16)7-10)14(18)8-3-2-4-9(17)5-8/h2-7H,17H2,1H3. The van der Waals surface area contributed by atoms with Gasteiger partial charge in [0.2, 0.25) is 0 Å². The quantitative estimate of drug-likeness (QED) is 0.684. The van der Waals surface area contributed by atoms with Gasteiger partial charge < -0.3 is 10.5 Å². The number of carbonyl (C=O) groups is 1. The van der Waals surface area contributed by atoms with Gasteiger partial charge in [0, 0.05) is 23.4 Å². The van der Waals surface area contributed by atoms with Gasteiger partial charge in [-0.15, -0.1) is 0 Å². The highest BCUT2D eigenvalue weighted by Crippen LogP contribution is 2.23. The lowest BCUT2D eigenvalue weighted by molar-refractivity contribution is 0.103. The van der Waals surface area contributed by atoms with Gasteiger partial charge in [0.25, 0.3) is 0 Å². The molecule has 2 aromatic rings. The minimum absolute atomic E-state index is 0.0131. The van der Waals surface area contributed by atoms with Gasteiger partial charge in [-0.1, -0.05) is 12.1 Å². The summed E-state index contributed by atoms with van der Waals surface area (Å²) in [5.74, 6) is -2.68. The Bertz CT molecular complexity index is 618. The Hall–Kier alpha value is -2.43. The number of carbonyl (C=O) groups excluding carboxylic acids is 1. The predicted molar refractivity (Wildman–Crippen MR) is 67.2 cm³/mol. The lowest BCUT2D eigenvalue weighted by atomic mass is 10.0. The summed E-state index contributed by atoms with van der Waals surface area (Å²) in [4.78, 5) is 12.1. The molecule has 0 radical (unpaired) electrons. The molecule has 0 unspecified atom stereocenters. The first-order chi connectivity index (χ1) is 9.02. The van der Waals surface area contributed by atoms with Gasteiger partial charge >= 0.3 is 0 Å². The molecule has 0 saturated heterocycles. The van der Waals surface area contributed by atoms with Gasteiger partial charge in [-0.05, 0) is 12.1 Å². The molecule has 0 atom stereocenters. The number of ketones is 1. The predicted octanol–water partition coefficient (Wildman–Crippen LogP) is 2.79. The zero-order chi connectivity index (χ0) is 14.0. The molecule has 0 aliphatic rings. The number of hydrogen-bond donors (Lipinski definition) is 1. The molecule has 2 aromatic carbocycles. The molecule has 0 bridgehead atoms. The van der Waals surface area contributed by atoms with E-state index in [2.05, 4.69) is 0 Å². The van der Waals surface area contributed by atoms with E-state index in [9.17, 15) is 13.6 Å². The van der Waals surface area contributed by atoms with Gasteiger partial charge in [-0.3, -0.25) is 4.79 Å². The summed E-state index contributed by atoms with van der Waals surface area (Å²) in [6.45, 7) is 0. The molecule has 0 heterocycles. The Kier molecular flexibility index (Phi) is 3.46. The Morgan fingerprint density at radius 2 is 1.79 bits per heavy atom. The number of benzene rings is 2. The van der Waals surface area contributed by atoms with Gasteiger partial charge in [0.05, 0.1) is 12.7 Å². The first-order valence-corrected chi connectivity index (χ1v) is 5.46. The molecule has 19 heavy (non-hydrogen) atoms. The van der Waals surface area contributed by atoms with E-state index >= 15 is 0 Å². The monoisotopic (exact) mass is 263 g/mol. The van der Waals surface area contributed by atoms with Crippen molar-refractivity contribution in [2.45, 2.75) is 0 Å². The van der Waals surface area contributed by atoms with E-state index in [0.717, 1.165) is 12.1 Å². The molecule has 0 aromatic heterocycles. The van der Waals surface area contributed by atoms with Crippen LogP contribution in [0.1, 0.15) is 15.9 Å². The van der Waals surface area contributed by atoms with Crippen LogP contribution >= 0.6 is 0 Å². The average molecular weight is 263 g/mol. The minimum atomic E-state index is -0.968. The summed E-state index contributed by atoms with van der Waals surface area (Å²) in [7, 11) is 1.29. The lowest BCUT2D eigenvalue weighted by Crippen LogP contribution is -2.08. The number of hydrogen-bond acceptors (Lipinski definition) is 3. The first kappa shape index (κ1) is 13.0. The molecule has 3 nitrogen and oxygen atoms in total. The van der Waals surface area contributed by atoms with Crippen LogP contribution in [-0.4, -0.2) is 12.9 Å². The SMILES string of the molecule is COc1cc(F)c(C(=O)c2cccc(N)c2)c(F)c1.